The average molecular weight is 188 g/mol. The number of aromatic nitrogens is 1. The SMILES string of the molecule is COC(=O)c1cc(Cl)c[n+](N)c1. The van der Waals surface area contributed by atoms with Gasteiger partial charge in [0, 0.05) is 0 Å². The molecule has 0 atom stereocenters. The Bertz CT molecular complexity index is 294. The average Bonchev–Trinajstić information content (AvgIpc) is 2.01. The number of hydrogen-bond acceptors (Lipinski definition) is 3. The van der Waals surface area contributed by atoms with Gasteiger partial charge in [0.05, 0.1) is 7.11 Å². The summed E-state index contributed by atoms with van der Waals surface area (Å²) in [5.74, 6) is 4.91. The monoisotopic (exact) mass is 187 g/mol. The van der Waals surface area contributed by atoms with Crippen LogP contribution in [0, 0.1) is 0 Å². The topological polar surface area (TPSA) is 56.2 Å². The zero-order valence-corrected chi connectivity index (χ0v) is 7.21. The Morgan fingerprint density at radius 2 is 2.33 bits per heavy atom. The van der Waals surface area contributed by atoms with E-state index < -0.39 is 5.97 Å². The van der Waals surface area contributed by atoms with Crippen LogP contribution in [-0.2, 0) is 4.74 Å². The number of nitrogens with zero attached hydrogens (tertiary/aromatic N) is 1. The summed E-state index contributed by atoms with van der Waals surface area (Å²) >= 11 is 5.64. The van der Waals surface area contributed by atoms with E-state index in [9.17, 15) is 4.79 Å². The molecule has 0 aliphatic rings. The van der Waals surface area contributed by atoms with Gasteiger partial charge in [0.15, 0.2) is 0 Å². The summed E-state index contributed by atoms with van der Waals surface area (Å²) in [7, 11) is 1.30. The number of carbonyl (C=O) groups excluding carboxylic acids is 1. The predicted molar refractivity (Wildman–Crippen MR) is 43.1 cm³/mol. The Morgan fingerprint density at radius 3 is 2.83 bits per heavy atom. The van der Waals surface area contributed by atoms with Crippen LogP contribution in [0.5, 0.6) is 0 Å². The zero-order chi connectivity index (χ0) is 9.14. The van der Waals surface area contributed by atoms with E-state index >= 15 is 0 Å². The standard InChI is InChI=1S/C7H8ClN2O2/c1-12-7(11)5-2-6(8)4-10(9)3-5/h2-4H,9H2,1H3/q+1. The molecule has 0 amide bonds. The van der Waals surface area contributed by atoms with Crippen molar-refractivity contribution < 1.29 is 14.2 Å². The van der Waals surface area contributed by atoms with Crippen molar-refractivity contribution in [3.8, 4) is 0 Å². The fraction of sp³-hybridized carbons (Fsp3) is 0.143. The van der Waals surface area contributed by atoms with Gasteiger partial charge in [0.2, 0.25) is 12.4 Å². The predicted octanol–water partition coefficient (Wildman–Crippen LogP) is 0.128. The van der Waals surface area contributed by atoms with Crippen molar-refractivity contribution in [3.63, 3.8) is 0 Å². The molecule has 0 bridgehead atoms. The van der Waals surface area contributed by atoms with Crippen molar-refractivity contribution in [1.29, 1.82) is 0 Å². The second-order valence-corrected chi connectivity index (χ2v) is 2.62. The lowest BCUT2D eigenvalue weighted by Gasteiger charge is -1.96. The second kappa shape index (κ2) is 3.40. The molecule has 1 rings (SSSR count). The first-order valence-electron chi connectivity index (χ1n) is 3.18. The molecule has 1 aromatic rings. The maximum Gasteiger partial charge on any atom is 0.344 e. The van der Waals surface area contributed by atoms with Crippen LogP contribution in [0.2, 0.25) is 5.02 Å². The largest absolute Gasteiger partial charge is 0.465 e. The number of ether oxygens (including phenoxy) is 1. The lowest BCUT2D eigenvalue weighted by atomic mass is 10.3. The van der Waals surface area contributed by atoms with E-state index in [1.807, 2.05) is 0 Å². The molecule has 1 aromatic heterocycles. The molecule has 0 aliphatic heterocycles. The van der Waals surface area contributed by atoms with Gasteiger partial charge in [-0.2, -0.15) is 0 Å². The summed E-state index contributed by atoms with van der Waals surface area (Å²) in [4.78, 5) is 11.0. The molecule has 2 N–H and O–H groups in total. The molecule has 1 heterocycles. The van der Waals surface area contributed by atoms with E-state index in [1.54, 1.807) is 0 Å². The minimum atomic E-state index is -0.461. The molecule has 4 nitrogen and oxygen atoms in total. The van der Waals surface area contributed by atoms with Crippen molar-refractivity contribution >= 4 is 17.6 Å². The summed E-state index contributed by atoms with van der Waals surface area (Å²) in [6.07, 6.45) is 2.91. The third-order valence-corrected chi connectivity index (χ3v) is 1.48. The van der Waals surface area contributed by atoms with Crippen LogP contribution in [0.15, 0.2) is 18.5 Å². The zero-order valence-electron chi connectivity index (χ0n) is 6.45. The Kier molecular flexibility index (Phi) is 2.50. The van der Waals surface area contributed by atoms with Crippen LogP contribution in [0.4, 0.5) is 0 Å². The van der Waals surface area contributed by atoms with Gasteiger partial charge in [0.1, 0.15) is 10.6 Å². The summed E-state index contributed by atoms with van der Waals surface area (Å²) in [6, 6.07) is 1.48. The van der Waals surface area contributed by atoms with Crippen molar-refractivity contribution in [2.24, 2.45) is 0 Å². The lowest BCUT2D eigenvalue weighted by molar-refractivity contribution is -0.638. The molecular weight excluding hydrogens is 180 g/mol. The number of esters is 1. The fourth-order valence-corrected chi connectivity index (χ4v) is 1.02. The third kappa shape index (κ3) is 1.85. The lowest BCUT2D eigenvalue weighted by Crippen LogP contribution is -2.44. The third-order valence-electron chi connectivity index (χ3n) is 1.28. The van der Waals surface area contributed by atoms with Crippen LogP contribution >= 0.6 is 11.6 Å². The van der Waals surface area contributed by atoms with Crippen LogP contribution in [-0.4, -0.2) is 13.1 Å². The smallest absolute Gasteiger partial charge is 0.344 e. The molecule has 0 aliphatic carbocycles. The molecule has 0 radical (unpaired) electrons. The van der Waals surface area contributed by atoms with Gasteiger partial charge in [-0.1, -0.05) is 16.3 Å². The number of halogens is 1. The summed E-state index contributed by atoms with van der Waals surface area (Å²) in [5.41, 5.74) is 0.326. The van der Waals surface area contributed by atoms with E-state index in [1.165, 1.54) is 30.2 Å². The minimum absolute atomic E-state index is 0.326. The molecular formula is C7H8ClN2O2+. The number of hydrogen-bond donors (Lipinski definition) is 1. The Hall–Kier alpha value is -1.29. The first kappa shape index (κ1) is 8.80. The first-order chi connectivity index (χ1) is 5.63. The highest BCUT2D eigenvalue weighted by molar-refractivity contribution is 6.30. The maximum absolute atomic E-state index is 11.0. The highest BCUT2D eigenvalue weighted by Gasteiger charge is 2.11. The van der Waals surface area contributed by atoms with E-state index in [0.29, 0.717) is 10.6 Å². The molecule has 0 saturated carbocycles. The van der Waals surface area contributed by atoms with Gasteiger partial charge in [-0.3, -0.25) is 0 Å². The van der Waals surface area contributed by atoms with E-state index in [4.69, 9.17) is 17.4 Å². The quantitative estimate of drug-likeness (QED) is 0.386. The van der Waals surface area contributed by atoms with Crippen LogP contribution in [0.3, 0.4) is 0 Å². The first-order valence-corrected chi connectivity index (χ1v) is 3.56. The Morgan fingerprint density at radius 1 is 1.67 bits per heavy atom. The Labute approximate surface area is 74.5 Å². The van der Waals surface area contributed by atoms with Crippen molar-refractivity contribution in [2.45, 2.75) is 0 Å². The maximum atomic E-state index is 11.0. The molecule has 0 fully saturated rings. The van der Waals surface area contributed by atoms with E-state index in [2.05, 4.69) is 4.74 Å². The Balaban J connectivity index is 3.08. The van der Waals surface area contributed by atoms with Gasteiger partial charge < -0.3 is 4.74 Å². The molecule has 5 heteroatoms. The van der Waals surface area contributed by atoms with Gasteiger partial charge in [-0.15, -0.1) is 0 Å². The van der Waals surface area contributed by atoms with Gasteiger partial charge in [0.25, 0.3) is 0 Å². The second-order valence-electron chi connectivity index (χ2n) is 2.18. The molecule has 0 saturated heterocycles. The number of methoxy groups -OCH3 is 1. The number of carbonyl (C=O) groups is 1. The fourth-order valence-electron chi connectivity index (χ4n) is 0.793. The van der Waals surface area contributed by atoms with Gasteiger partial charge in [-0.05, 0) is 6.07 Å². The van der Waals surface area contributed by atoms with E-state index in [-0.39, 0.29) is 0 Å². The van der Waals surface area contributed by atoms with Crippen molar-refractivity contribution in [2.75, 3.05) is 13.0 Å². The van der Waals surface area contributed by atoms with Crippen molar-refractivity contribution in [1.82, 2.24) is 0 Å². The highest BCUT2D eigenvalue weighted by atomic mass is 35.5. The number of nitrogen functional groups attached to an aromatic ring is 1. The summed E-state index contributed by atoms with van der Waals surface area (Å²) < 4.78 is 5.68. The van der Waals surface area contributed by atoms with Crippen LogP contribution < -0.4 is 10.5 Å². The highest BCUT2D eigenvalue weighted by Crippen LogP contribution is 2.07. The molecule has 12 heavy (non-hydrogen) atoms. The number of nitrogens with two attached hydrogens (primary N) is 1. The van der Waals surface area contributed by atoms with Gasteiger partial charge in [-0.25, -0.2) is 10.6 Å². The van der Waals surface area contributed by atoms with E-state index in [0.717, 1.165) is 0 Å². The number of pyridine rings is 1. The number of rotatable bonds is 1. The minimum Gasteiger partial charge on any atom is -0.465 e. The normalized spacial score (nSPS) is 9.50. The van der Waals surface area contributed by atoms with Crippen LogP contribution in [0.25, 0.3) is 0 Å². The van der Waals surface area contributed by atoms with Gasteiger partial charge >= 0.3 is 5.97 Å². The van der Waals surface area contributed by atoms with Crippen molar-refractivity contribution in [3.05, 3.63) is 29.0 Å². The molecule has 0 unspecified atom stereocenters. The summed E-state index contributed by atoms with van der Waals surface area (Å²) in [5, 5.41) is 0.389. The van der Waals surface area contributed by atoms with Crippen LogP contribution in [0.1, 0.15) is 10.4 Å². The summed E-state index contributed by atoms with van der Waals surface area (Å²) in [6.45, 7) is 0. The molecule has 0 aromatic carbocycles. The molecule has 64 valence electrons. The molecule has 0 spiro atoms.